The van der Waals surface area contributed by atoms with Gasteiger partial charge < -0.3 is 98.4 Å². The maximum absolute atomic E-state index is 12.4. The number of aliphatic hydroxyl groups excluding tert-OH is 9. The lowest BCUT2D eigenvalue weighted by atomic mass is 9.44. The fourth-order valence-electron chi connectivity index (χ4n) is 13.9. The smallest absolute Gasteiger partial charge is 0.187 e. The van der Waals surface area contributed by atoms with Crippen LogP contribution in [0.5, 0.6) is 0 Å². The van der Waals surface area contributed by atoms with E-state index in [2.05, 4.69) is 13.0 Å². The predicted molar refractivity (Wildman–Crippen MR) is 230 cm³/mol. The minimum Gasteiger partial charge on any atom is -0.394 e. The lowest BCUT2D eigenvalue weighted by molar-refractivity contribution is -0.373. The van der Waals surface area contributed by atoms with E-state index >= 15 is 0 Å². The van der Waals surface area contributed by atoms with Crippen molar-refractivity contribution in [2.24, 2.45) is 28.6 Å². The largest absolute Gasteiger partial charge is 0.394 e. The van der Waals surface area contributed by atoms with Crippen molar-refractivity contribution in [1.29, 1.82) is 0 Å². The van der Waals surface area contributed by atoms with Crippen molar-refractivity contribution in [2.75, 3.05) is 20.8 Å². The monoisotopic (exact) mass is 963 g/mol. The van der Waals surface area contributed by atoms with E-state index in [0.29, 0.717) is 38.5 Å². The van der Waals surface area contributed by atoms with Crippen LogP contribution >= 0.6 is 0 Å². The summed E-state index contributed by atoms with van der Waals surface area (Å²) < 4.78 is 60.9. The molecule has 28 atom stereocenters. The summed E-state index contributed by atoms with van der Waals surface area (Å²) in [4.78, 5) is 0. The number of ether oxygens (including phenoxy) is 10. The topological polar surface area (TPSA) is 295 Å². The summed E-state index contributed by atoms with van der Waals surface area (Å²) in [6.45, 7) is 10.2. The number of fused-ring (bicyclic) bond motifs is 5. The highest BCUT2D eigenvalue weighted by Gasteiger charge is 2.73. The molecule has 67 heavy (non-hydrogen) atoms. The standard InChI is InChI=1S/C47H78O20/c1-19(49)25-12-14-47(57)26-10-9-23-15-24(11-13-45(23,5)32(26)34(52)42(56)46(25,47)6)63-30-16-27(50)38(20(2)60-30)65-31-17-28(58-7)39(21(3)61-31)66-44-37(55)41(59-8)40(22(4)62-44)67-43-36(54)35(53)33(51)29(18-48)64-43/h9,19-22,24-44,48-57H,10-18H2,1-8H3/t19-,20-,21-,22-,24+,25-,26-,27+,28+,29-,30+,31+,32-,33-,34+,35+,36-,37-,38-,39-,40-,41+,42?,43+,44+,45+,46+,47+/m1/s1. The van der Waals surface area contributed by atoms with E-state index in [-0.39, 0.29) is 36.7 Å². The molecule has 0 aromatic rings. The van der Waals surface area contributed by atoms with Crippen LogP contribution in [0.2, 0.25) is 0 Å². The molecule has 8 rings (SSSR count). The first-order valence-electron chi connectivity index (χ1n) is 24.4. The number of methoxy groups -OCH3 is 2. The maximum Gasteiger partial charge on any atom is 0.187 e. The Morgan fingerprint density at radius 3 is 1.99 bits per heavy atom. The van der Waals surface area contributed by atoms with Crippen LogP contribution in [0.4, 0.5) is 0 Å². The molecule has 0 aromatic heterocycles. The van der Waals surface area contributed by atoms with Crippen molar-refractivity contribution < 1.29 is 98.4 Å². The third-order valence-electron chi connectivity index (χ3n) is 17.7. The van der Waals surface area contributed by atoms with Gasteiger partial charge in [0.25, 0.3) is 0 Å². The summed E-state index contributed by atoms with van der Waals surface area (Å²) >= 11 is 0. The zero-order chi connectivity index (χ0) is 48.7. The Morgan fingerprint density at radius 1 is 0.701 bits per heavy atom. The minimum atomic E-state index is -1.67. The summed E-state index contributed by atoms with van der Waals surface area (Å²) in [5.41, 5.74) is -1.62. The van der Waals surface area contributed by atoms with Crippen molar-refractivity contribution in [3.05, 3.63) is 11.6 Å². The summed E-state index contributed by atoms with van der Waals surface area (Å²) in [6, 6.07) is 0. The molecule has 0 spiro atoms. The molecule has 4 aliphatic heterocycles. The summed E-state index contributed by atoms with van der Waals surface area (Å²) in [7, 11) is 2.87. The zero-order valence-electron chi connectivity index (χ0n) is 39.9. The van der Waals surface area contributed by atoms with Gasteiger partial charge in [-0.2, -0.15) is 0 Å². The molecule has 7 fully saturated rings. The molecule has 20 nitrogen and oxygen atoms in total. The van der Waals surface area contributed by atoms with E-state index in [1.807, 2.05) is 6.92 Å². The number of aliphatic hydroxyl groups is 10. The minimum absolute atomic E-state index is 0.145. The Kier molecular flexibility index (Phi) is 15.7. The molecule has 3 saturated carbocycles. The van der Waals surface area contributed by atoms with Gasteiger partial charge in [-0.3, -0.25) is 0 Å². The van der Waals surface area contributed by atoms with Crippen LogP contribution in [0.25, 0.3) is 0 Å². The average molecular weight is 963 g/mol. The first kappa shape index (κ1) is 52.3. The van der Waals surface area contributed by atoms with Gasteiger partial charge in [-0.15, -0.1) is 0 Å². The molecule has 1 unspecified atom stereocenters. The second-order valence-corrected chi connectivity index (χ2v) is 21.3. The van der Waals surface area contributed by atoms with Crippen LogP contribution in [0.3, 0.4) is 0 Å². The summed E-state index contributed by atoms with van der Waals surface area (Å²) in [6.07, 6.45) is -16.3. The van der Waals surface area contributed by atoms with Gasteiger partial charge in [-0.1, -0.05) is 25.5 Å². The first-order chi connectivity index (χ1) is 31.6. The molecular weight excluding hydrogens is 884 g/mol. The molecule has 0 radical (unpaired) electrons. The SMILES string of the molecule is CO[C@H]1[C@@H](O)[C@H](O[C@H]2[C@@H](OC)C[C@H](O[C@H]3[C@@H](O)C[C@H](O[C@H]4CC[C@@]5(C)C(=CC[C@@H]6[C@@H]5[C@H](O)C(O)[C@]5(C)[C@@H]([C@@H](C)O)CC[C@]65O)C4)O[C@@H]3C)O[C@@H]2C)O[C@H](C)[C@H]1O[C@@H]1O[C@H](CO)[C@@H](O)[C@H](O)[C@H]1O. The number of allylic oxidation sites excluding steroid dienone is 1. The van der Waals surface area contributed by atoms with E-state index in [0.717, 1.165) is 5.57 Å². The van der Waals surface area contributed by atoms with Crippen LogP contribution in [0.15, 0.2) is 11.6 Å². The Bertz CT molecular complexity index is 1690. The van der Waals surface area contributed by atoms with Crippen molar-refractivity contribution >= 4 is 0 Å². The molecule has 0 aromatic carbocycles. The van der Waals surface area contributed by atoms with E-state index in [1.54, 1.807) is 27.7 Å². The van der Waals surface area contributed by atoms with Crippen LogP contribution in [-0.2, 0) is 47.4 Å². The highest BCUT2D eigenvalue weighted by atomic mass is 16.8. The quantitative estimate of drug-likeness (QED) is 0.106. The van der Waals surface area contributed by atoms with Gasteiger partial charge in [-0.25, -0.2) is 0 Å². The van der Waals surface area contributed by atoms with E-state index in [9.17, 15) is 51.1 Å². The zero-order valence-corrected chi connectivity index (χ0v) is 39.9. The van der Waals surface area contributed by atoms with E-state index in [4.69, 9.17) is 47.4 Å². The van der Waals surface area contributed by atoms with E-state index < -0.39 is 152 Å². The molecule has 4 saturated heterocycles. The predicted octanol–water partition coefficient (Wildman–Crippen LogP) is -0.890. The molecule has 0 amide bonds. The number of hydrogen-bond acceptors (Lipinski definition) is 20. The molecule has 4 heterocycles. The summed E-state index contributed by atoms with van der Waals surface area (Å²) in [5, 5.41) is 110. The Hall–Kier alpha value is -1.06. The molecule has 0 bridgehead atoms. The van der Waals surface area contributed by atoms with Gasteiger partial charge in [-0.05, 0) is 83.5 Å². The van der Waals surface area contributed by atoms with Gasteiger partial charge in [0.1, 0.15) is 54.9 Å². The van der Waals surface area contributed by atoms with Crippen molar-refractivity contribution in [2.45, 2.75) is 234 Å². The fourth-order valence-corrected chi connectivity index (χ4v) is 13.9. The van der Waals surface area contributed by atoms with Gasteiger partial charge in [0.2, 0.25) is 0 Å². The van der Waals surface area contributed by atoms with Crippen LogP contribution in [0.1, 0.15) is 92.9 Å². The Labute approximate surface area is 392 Å². The van der Waals surface area contributed by atoms with Crippen LogP contribution in [0, 0.1) is 28.6 Å². The highest BCUT2D eigenvalue weighted by Crippen LogP contribution is 2.68. The summed E-state index contributed by atoms with van der Waals surface area (Å²) in [5.74, 6) is -0.970. The molecular formula is C47H78O20. The van der Waals surface area contributed by atoms with Crippen molar-refractivity contribution in [3.63, 3.8) is 0 Å². The third kappa shape index (κ3) is 9.01. The third-order valence-corrected chi connectivity index (χ3v) is 17.7. The number of rotatable bonds is 12. The second-order valence-electron chi connectivity index (χ2n) is 21.3. The normalized spacial score (nSPS) is 55.2. The van der Waals surface area contributed by atoms with Crippen molar-refractivity contribution in [1.82, 2.24) is 0 Å². The molecule has 386 valence electrons. The van der Waals surface area contributed by atoms with E-state index in [1.165, 1.54) is 14.2 Å². The maximum atomic E-state index is 12.4. The van der Waals surface area contributed by atoms with Gasteiger partial charge in [0.05, 0.1) is 67.1 Å². The second kappa shape index (κ2) is 20.1. The highest BCUT2D eigenvalue weighted by molar-refractivity contribution is 5.31. The average Bonchev–Trinajstić information content (AvgIpc) is 3.58. The lowest BCUT2D eigenvalue weighted by Crippen LogP contribution is -2.71. The molecule has 20 heteroatoms. The lowest BCUT2D eigenvalue weighted by Gasteiger charge is -2.64. The fraction of sp³-hybridized carbons (Fsp3) is 0.957. The molecule has 8 aliphatic rings. The van der Waals surface area contributed by atoms with Gasteiger partial charge in [0.15, 0.2) is 25.2 Å². The van der Waals surface area contributed by atoms with Gasteiger partial charge >= 0.3 is 0 Å². The van der Waals surface area contributed by atoms with Crippen LogP contribution < -0.4 is 0 Å². The Balaban J connectivity index is 0.841. The first-order valence-corrected chi connectivity index (χ1v) is 24.4. The Morgan fingerprint density at radius 2 is 1.34 bits per heavy atom. The number of hydrogen-bond donors (Lipinski definition) is 10. The van der Waals surface area contributed by atoms with Gasteiger partial charge in [0, 0.05) is 38.4 Å². The van der Waals surface area contributed by atoms with Crippen molar-refractivity contribution in [3.8, 4) is 0 Å². The van der Waals surface area contributed by atoms with Crippen LogP contribution in [-0.4, -0.2) is 213 Å². The molecule has 4 aliphatic carbocycles. The molecule has 10 N–H and O–H groups in total.